The first-order valence-electron chi connectivity index (χ1n) is 11.2. The first-order valence-corrected chi connectivity index (χ1v) is 11.2. The van der Waals surface area contributed by atoms with Crippen LogP contribution in [0.5, 0.6) is 0 Å². The smallest absolute Gasteiger partial charge is 0.337 e. The van der Waals surface area contributed by atoms with Crippen LogP contribution in [0.3, 0.4) is 0 Å². The van der Waals surface area contributed by atoms with Crippen LogP contribution >= 0.6 is 0 Å². The number of rotatable bonds is 8. The van der Waals surface area contributed by atoms with Gasteiger partial charge < -0.3 is 15.8 Å². The van der Waals surface area contributed by atoms with E-state index >= 15 is 0 Å². The van der Waals surface area contributed by atoms with Crippen molar-refractivity contribution < 1.29 is 9.90 Å². The number of H-pyrrole nitrogens is 1. The van der Waals surface area contributed by atoms with Gasteiger partial charge in [0.15, 0.2) is 0 Å². The SMILES string of the molecule is CCCCc1cc(C(CC)c2nc3cccc(C(=O)O)c3[nH]2)ccc1-c1ccccc1N. The van der Waals surface area contributed by atoms with Crippen molar-refractivity contribution in [1.29, 1.82) is 0 Å². The number of hydrogen-bond acceptors (Lipinski definition) is 3. The van der Waals surface area contributed by atoms with Crippen molar-refractivity contribution in [2.45, 2.75) is 45.4 Å². The number of carbonyl (C=O) groups is 1. The van der Waals surface area contributed by atoms with E-state index in [4.69, 9.17) is 10.7 Å². The summed E-state index contributed by atoms with van der Waals surface area (Å²) < 4.78 is 0. The molecule has 0 spiro atoms. The van der Waals surface area contributed by atoms with E-state index in [2.05, 4.69) is 43.1 Å². The monoisotopic (exact) mass is 427 g/mol. The van der Waals surface area contributed by atoms with Crippen molar-refractivity contribution in [3.63, 3.8) is 0 Å². The Hall–Kier alpha value is -3.60. The Balaban J connectivity index is 1.79. The number of fused-ring (bicyclic) bond motifs is 1. The molecule has 3 aromatic carbocycles. The van der Waals surface area contributed by atoms with Crippen molar-refractivity contribution in [2.75, 3.05) is 5.73 Å². The summed E-state index contributed by atoms with van der Waals surface area (Å²) in [4.78, 5) is 19.7. The molecular weight excluding hydrogens is 398 g/mol. The Kier molecular flexibility index (Phi) is 6.26. The summed E-state index contributed by atoms with van der Waals surface area (Å²) in [6, 6.07) is 19.8. The van der Waals surface area contributed by atoms with Crippen molar-refractivity contribution >= 4 is 22.7 Å². The van der Waals surface area contributed by atoms with Crippen LogP contribution < -0.4 is 5.73 Å². The standard InChI is InChI=1S/C27H29N3O2/c1-3-5-9-17-16-18(14-15-20(17)21-10-6-7-12-23(21)28)19(4-2)26-29-24-13-8-11-22(27(31)32)25(24)30-26/h6-8,10-16,19H,3-5,9,28H2,1-2H3,(H,29,30)(H,31,32). The van der Waals surface area contributed by atoms with E-state index in [0.717, 1.165) is 42.8 Å². The van der Waals surface area contributed by atoms with Crippen LogP contribution in [-0.2, 0) is 6.42 Å². The molecule has 0 aliphatic carbocycles. The minimum absolute atomic E-state index is 0.0478. The number of para-hydroxylation sites is 2. The van der Waals surface area contributed by atoms with E-state index in [1.54, 1.807) is 12.1 Å². The molecular formula is C27H29N3O2. The average Bonchev–Trinajstić information content (AvgIpc) is 3.22. The number of aromatic nitrogens is 2. The number of imidazole rings is 1. The number of unbranched alkanes of at least 4 members (excludes halogenated alkanes) is 1. The Morgan fingerprint density at radius 2 is 1.88 bits per heavy atom. The van der Waals surface area contributed by atoms with Gasteiger partial charge >= 0.3 is 5.97 Å². The molecule has 0 amide bonds. The fourth-order valence-electron chi connectivity index (χ4n) is 4.39. The quantitative estimate of drug-likeness (QED) is 0.284. The zero-order valence-corrected chi connectivity index (χ0v) is 18.6. The minimum Gasteiger partial charge on any atom is -0.478 e. The number of hydrogen-bond donors (Lipinski definition) is 3. The molecule has 0 fully saturated rings. The van der Waals surface area contributed by atoms with Crippen molar-refractivity contribution in [2.24, 2.45) is 0 Å². The normalized spacial score (nSPS) is 12.2. The van der Waals surface area contributed by atoms with Crippen molar-refractivity contribution in [1.82, 2.24) is 9.97 Å². The zero-order chi connectivity index (χ0) is 22.7. The third-order valence-electron chi connectivity index (χ3n) is 6.09. The van der Waals surface area contributed by atoms with Crippen molar-refractivity contribution in [3.8, 4) is 11.1 Å². The van der Waals surface area contributed by atoms with E-state index < -0.39 is 5.97 Å². The van der Waals surface area contributed by atoms with Crippen LogP contribution in [0.15, 0.2) is 60.7 Å². The fourth-order valence-corrected chi connectivity index (χ4v) is 4.39. The Morgan fingerprint density at radius 1 is 1.06 bits per heavy atom. The summed E-state index contributed by atoms with van der Waals surface area (Å²) in [5, 5.41) is 9.53. The van der Waals surface area contributed by atoms with Crippen LogP contribution in [0.25, 0.3) is 22.2 Å². The highest BCUT2D eigenvalue weighted by Gasteiger charge is 2.20. The summed E-state index contributed by atoms with van der Waals surface area (Å²) in [5.41, 5.74) is 13.3. The molecule has 1 aromatic heterocycles. The first kappa shape index (κ1) is 21.6. The van der Waals surface area contributed by atoms with E-state index in [-0.39, 0.29) is 11.5 Å². The van der Waals surface area contributed by atoms with E-state index in [1.807, 2.05) is 24.3 Å². The van der Waals surface area contributed by atoms with Gasteiger partial charge in [-0.25, -0.2) is 9.78 Å². The van der Waals surface area contributed by atoms with Gasteiger partial charge in [-0.2, -0.15) is 0 Å². The minimum atomic E-state index is -0.953. The molecule has 1 atom stereocenters. The molecule has 5 nitrogen and oxygen atoms in total. The lowest BCUT2D eigenvalue weighted by Gasteiger charge is -2.18. The molecule has 0 bridgehead atoms. The van der Waals surface area contributed by atoms with Gasteiger partial charge in [0.2, 0.25) is 0 Å². The second-order valence-corrected chi connectivity index (χ2v) is 8.20. The molecule has 0 saturated carbocycles. The molecule has 164 valence electrons. The molecule has 0 radical (unpaired) electrons. The summed E-state index contributed by atoms with van der Waals surface area (Å²) in [5.74, 6) is -0.110. The highest BCUT2D eigenvalue weighted by Crippen LogP contribution is 2.35. The predicted octanol–water partition coefficient (Wildman–Crippen LogP) is 6.39. The summed E-state index contributed by atoms with van der Waals surface area (Å²) in [6.45, 7) is 4.33. The Morgan fingerprint density at radius 3 is 2.59 bits per heavy atom. The lowest BCUT2D eigenvalue weighted by molar-refractivity contribution is 0.0699. The maximum Gasteiger partial charge on any atom is 0.337 e. The third kappa shape index (κ3) is 4.11. The van der Waals surface area contributed by atoms with Gasteiger partial charge in [-0.15, -0.1) is 0 Å². The maximum atomic E-state index is 11.6. The number of aryl methyl sites for hydroxylation is 1. The number of aromatic carboxylic acids is 1. The van der Waals surface area contributed by atoms with Crippen LogP contribution in [0.4, 0.5) is 5.69 Å². The third-order valence-corrected chi connectivity index (χ3v) is 6.09. The average molecular weight is 428 g/mol. The predicted molar refractivity (Wildman–Crippen MR) is 130 cm³/mol. The lowest BCUT2D eigenvalue weighted by Crippen LogP contribution is -2.04. The van der Waals surface area contributed by atoms with Crippen LogP contribution in [0.1, 0.15) is 66.3 Å². The van der Waals surface area contributed by atoms with Crippen LogP contribution in [-0.4, -0.2) is 21.0 Å². The molecule has 0 saturated heterocycles. The number of nitrogens with one attached hydrogen (secondary N) is 1. The van der Waals surface area contributed by atoms with Crippen molar-refractivity contribution in [3.05, 3.63) is 83.2 Å². The number of nitrogen functional groups attached to an aromatic ring is 1. The molecule has 0 aliphatic heterocycles. The van der Waals surface area contributed by atoms with Gasteiger partial charge in [0.1, 0.15) is 5.82 Å². The fraction of sp³-hybridized carbons (Fsp3) is 0.259. The van der Waals surface area contributed by atoms with Gasteiger partial charge in [-0.05, 0) is 54.2 Å². The van der Waals surface area contributed by atoms with Gasteiger partial charge in [0.05, 0.1) is 16.6 Å². The second kappa shape index (κ2) is 9.27. The zero-order valence-electron chi connectivity index (χ0n) is 18.6. The Bertz CT molecular complexity index is 1260. The van der Waals surface area contributed by atoms with Gasteiger partial charge in [0, 0.05) is 17.2 Å². The van der Waals surface area contributed by atoms with Gasteiger partial charge in [-0.1, -0.05) is 62.7 Å². The highest BCUT2D eigenvalue weighted by molar-refractivity contribution is 6.00. The molecule has 1 heterocycles. The highest BCUT2D eigenvalue weighted by atomic mass is 16.4. The second-order valence-electron chi connectivity index (χ2n) is 8.20. The molecule has 4 aromatic rings. The number of nitrogens with zero attached hydrogens (tertiary/aromatic N) is 1. The topological polar surface area (TPSA) is 92.0 Å². The summed E-state index contributed by atoms with van der Waals surface area (Å²) in [6.07, 6.45) is 4.05. The van der Waals surface area contributed by atoms with Gasteiger partial charge in [0.25, 0.3) is 0 Å². The van der Waals surface area contributed by atoms with Crippen LogP contribution in [0, 0.1) is 0 Å². The Labute approximate surface area is 188 Å². The molecule has 4 rings (SSSR count). The molecule has 5 heteroatoms. The number of nitrogens with two attached hydrogens (primary N) is 1. The molecule has 0 aliphatic rings. The largest absolute Gasteiger partial charge is 0.478 e. The number of benzene rings is 3. The molecule has 4 N–H and O–H groups in total. The summed E-state index contributed by atoms with van der Waals surface area (Å²) >= 11 is 0. The van der Waals surface area contributed by atoms with Crippen LogP contribution in [0.2, 0.25) is 0 Å². The number of carboxylic acid groups (broad SMARTS) is 1. The van der Waals surface area contributed by atoms with E-state index in [0.29, 0.717) is 11.0 Å². The number of aromatic amines is 1. The lowest BCUT2D eigenvalue weighted by atomic mass is 9.88. The molecule has 1 unspecified atom stereocenters. The maximum absolute atomic E-state index is 11.6. The number of carboxylic acids is 1. The first-order chi connectivity index (χ1) is 15.5. The summed E-state index contributed by atoms with van der Waals surface area (Å²) in [7, 11) is 0. The number of anilines is 1. The van der Waals surface area contributed by atoms with E-state index in [1.165, 1.54) is 16.7 Å². The molecule has 32 heavy (non-hydrogen) atoms. The van der Waals surface area contributed by atoms with Gasteiger partial charge in [-0.3, -0.25) is 0 Å². The van der Waals surface area contributed by atoms with E-state index in [9.17, 15) is 9.90 Å².